The molecule has 0 aliphatic heterocycles. The summed E-state index contributed by atoms with van der Waals surface area (Å²) in [6.45, 7) is 9.84. The van der Waals surface area contributed by atoms with E-state index in [2.05, 4.69) is 39.1 Å². The Labute approximate surface area is 128 Å². The van der Waals surface area contributed by atoms with Crippen LogP contribution in [0.5, 0.6) is 0 Å². The number of thioether (sulfide) groups is 1. The minimum Gasteiger partial charge on any atom is -0.310 e. The maximum Gasteiger partial charge on any atom is 0.0991 e. The summed E-state index contributed by atoms with van der Waals surface area (Å²) >= 11 is 2.00. The van der Waals surface area contributed by atoms with Gasteiger partial charge in [-0.2, -0.15) is 0 Å². The first kappa shape index (κ1) is 15.8. The Morgan fingerprint density at radius 1 is 1.40 bits per heavy atom. The van der Waals surface area contributed by atoms with E-state index in [-0.39, 0.29) is 0 Å². The van der Waals surface area contributed by atoms with Crippen molar-refractivity contribution in [2.24, 2.45) is 5.92 Å². The zero-order valence-electron chi connectivity index (χ0n) is 13.3. The topological polar surface area (TPSA) is 24.9 Å². The molecule has 0 radical (unpaired) electrons. The average molecular weight is 292 g/mol. The lowest BCUT2D eigenvalue weighted by atomic mass is 9.91. The van der Waals surface area contributed by atoms with Crippen molar-refractivity contribution >= 4 is 11.8 Å². The van der Waals surface area contributed by atoms with E-state index < -0.39 is 0 Å². The van der Waals surface area contributed by atoms with Crippen molar-refractivity contribution < 1.29 is 0 Å². The van der Waals surface area contributed by atoms with Crippen LogP contribution in [0.3, 0.4) is 0 Å². The number of nitrogens with zero attached hydrogens (tertiary/aromatic N) is 1. The fourth-order valence-electron chi connectivity index (χ4n) is 2.81. The van der Waals surface area contributed by atoms with Gasteiger partial charge in [0.05, 0.1) is 5.03 Å². The second-order valence-electron chi connectivity index (χ2n) is 6.51. The first-order valence-corrected chi connectivity index (χ1v) is 8.78. The number of hydrogen-bond acceptors (Lipinski definition) is 3. The minimum atomic E-state index is 0.521. The summed E-state index contributed by atoms with van der Waals surface area (Å²) in [7, 11) is 0. The molecule has 112 valence electrons. The molecule has 2 unspecified atom stereocenters. The molecule has 0 aromatic carbocycles. The van der Waals surface area contributed by atoms with E-state index in [1.54, 1.807) is 0 Å². The Kier molecular flexibility index (Phi) is 5.91. The molecule has 2 atom stereocenters. The van der Waals surface area contributed by atoms with Gasteiger partial charge in [-0.05, 0) is 36.8 Å². The van der Waals surface area contributed by atoms with Crippen molar-refractivity contribution in [3.8, 4) is 0 Å². The van der Waals surface area contributed by atoms with Crippen LogP contribution in [-0.4, -0.2) is 16.3 Å². The van der Waals surface area contributed by atoms with Crippen LogP contribution in [0.25, 0.3) is 0 Å². The lowest BCUT2D eigenvalue weighted by Crippen LogP contribution is -2.22. The molecule has 20 heavy (non-hydrogen) atoms. The largest absolute Gasteiger partial charge is 0.310 e. The fourth-order valence-corrected chi connectivity index (χ4v) is 4.19. The zero-order valence-corrected chi connectivity index (χ0v) is 14.1. The molecule has 0 amide bonds. The predicted molar refractivity (Wildman–Crippen MR) is 88.2 cm³/mol. The summed E-state index contributed by atoms with van der Waals surface area (Å²) in [4.78, 5) is 4.70. The third-order valence-corrected chi connectivity index (χ3v) is 5.38. The van der Waals surface area contributed by atoms with Gasteiger partial charge in [-0.25, -0.2) is 4.98 Å². The van der Waals surface area contributed by atoms with Crippen molar-refractivity contribution in [2.75, 3.05) is 0 Å². The molecule has 0 saturated heterocycles. The van der Waals surface area contributed by atoms with Gasteiger partial charge in [-0.1, -0.05) is 39.7 Å². The van der Waals surface area contributed by atoms with Crippen molar-refractivity contribution in [3.05, 3.63) is 23.4 Å². The summed E-state index contributed by atoms with van der Waals surface area (Å²) in [5, 5.41) is 5.45. The third kappa shape index (κ3) is 4.78. The molecule has 1 aliphatic carbocycles. The van der Waals surface area contributed by atoms with Gasteiger partial charge in [-0.3, -0.25) is 0 Å². The van der Waals surface area contributed by atoms with Gasteiger partial charge in [0.15, 0.2) is 0 Å². The van der Waals surface area contributed by atoms with Gasteiger partial charge in [-0.15, -0.1) is 11.8 Å². The Bertz CT molecular complexity index is 431. The first-order chi connectivity index (χ1) is 9.54. The van der Waals surface area contributed by atoms with Crippen LogP contribution < -0.4 is 5.32 Å². The van der Waals surface area contributed by atoms with E-state index in [9.17, 15) is 0 Å². The maximum absolute atomic E-state index is 4.70. The number of aromatic nitrogens is 1. The number of aryl methyl sites for hydroxylation is 1. The monoisotopic (exact) mass is 292 g/mol. The highest BCUT2D eigenvalue weighted by Crippen LogP contribution is 2.36. The van der Waals surface area contributed by atoms with Crippen molar-refractivity contribution in [1.82, 2.24) is 10.3 Å². The molecule has 1 fully saturated rings. The van der Waals surface area contributed by atoms with E-state index in [1.165, 1.54) is 41.8 Å². The van der Waals surface area contributed by atoms with E-state index in [4.69, 9.17) is 4.98 Å². The van der Waals surface area contributed by atoms with Crippen molar-refractivity contribution in [2.45, 2.75) is 76.2 Å². The van der Waals surface area contributed by atoms with E-state index in [0.29, 0.717) is 6.04 Å². The second kappa shape index (κ2) is 7.46. The Balaban J connectivity index is 1.95. The molecular weight excluding hydrogens is 264 g/mol. The van der Waals surface area contributed by atoms with Gasteiger partial charge >= 0.3 is 0 Å². The smallest absolute Gasteiger partial charge is 0.0991 e. The normalized spacial score (nSPS) is 23.2. The number of hydrogen-bond donors (Lipinski definition) is 1. The second-order valence-corrected chi connectivity index (χ2v) is 7.80. The predicted octanol–water partition coefficient (Wildman–Crippen LogP) is 4.56. The standard InChI is InChI=1S/C17H28N2S/c1-12(2)18-10-15-9-14(4)17(19-11-15)20-16-7-5-6-13(3)8-16/h9,11-13,16,18H,5-8,10H2,1-4H3. The quantitative estimate of drug-likeness (QED) is 0.861. The Morgan fingerprint density at radius 3 is 2.85 bits per heavy atom. The van der Waals surface area contributed by atoms with Crippen LogP contribution in [0.1, 0.15) is 57.6 Å². The molecule has 1 aromatic rings. The highest BCUT2D eigenvalue weighted by atomic mass is 32.2. The summed E-state index contributed by atoms with van der Waals surface area (Å²) in [5.41, 5.74) is 2.62. The SMILES string of the molecule is Cc1cc(CNC(C)C)cnc1SC1CCCC(C)C1. The summed E-state index contributed by atoms with van der Waals surface area (Å²) in [5.74, 6) is 0.885. The third-order valence-electron chi connectivity index (χ3n) is 3.97. The number of rotatable bonds is 5. The van der Waals surface area contributed by atoms with Gasteiger partial charge < -0.3 is 5.32 Å². The van der Waals surface area contributed by atoms with Gasteiger partial charge in [0.2, 0.25) is 0 Å². The summed E-state index contributed by atoms with van der Waals surface area (Å²) < 4.78 is 0. The lowest BCUT2D eigenvalue weighted by molar-refractivity contribution is 0.394. The zero-order chi connectivity index (χ0) is 14.5. The average Bonchev–Trinajstić information content (AvgIpc) is 2.39. The molecule has 2 rings (SSSR count). The van der Waals surface area contributed by atoms with Crippen LogP contribution in [0, 0.1) is 12.8 Å². The van der Waals surface area contributed by atoms with E-state index in [1.807, 2.05) is 18.0 Å². The van der Waals surface area contributed by atoms with E-state index in [0.717, 1.165) is 17.7 Å². The number of pyridine rings is 1. The highest BCUT2D eigenvalue weighted by molar-refractivity contribution is 7.99. The molecule has 1 aliphatic rings. The molecular formula is C17H28N2S. The minimum absolute atomic E-state index is 0.521. The van der Waals surface area contributed by atoms with Gasteiger partial charge in [0, 0.05) is 24.0 Å². The van der Waals surface area contributed by atoms with Crippen LogP contribution in [0.2, 0.25) is 0 Å². The van der Waals surface area contributed by atoms with Crippen molar-refractivity contribution in [1.29, 1.82) is 0 Å². The Morgan fingerprint density at radius 2 is 2.20 bits per heavy atom. The molecule has 1 heterocycles. The first-order valence-electron chi connectivity index (χ1n) is 7.90. The lowest BCUT2D eigenvalue weighted by Gasteiger charge is -2.26. The number of nitrogens with one attached hydrogen (secondary N) is 1. The molecule has 1 aromatic heterocycles. The van der Waals surface area contributed by atoms with Crippen LogP contribution in [-0.2, 0) is 6.54 Å². The molecule has 1 saturated carbocycles. The summed E-state index contributed by atoms with van der Waals surface area (Å²) in [6.07, 6.45) is 7.53. The maximum atomic E-state index is 4.70. The molecule has 2 nitrogen and oxygen atoms in total. The van der Waals surface area contributed by atoms with Gasteiger partial charge in [0.25, 0.3) is 0 Å². The van der Waals surface area contributed by atoms with E-state index >= 15 is 0 Å². The molecule has 1 N–H and O–H groups in total. The van der Waals surface area contributed by atoms with Crippen LogP contribution in [0.15, 0.2) is 17.3 Å². The molecule has 0 bridgehead atoms. The van der Waals surface area contributed by atoms with Gasteiger partial charge in [0.1, 0.15) is 0 Å². The summed E-state index contributed by atoms with van der Waals surface area (Å²) in [6, 6.07) is 2.81. The Hall–Kier alpha value is -0.540. The fraction of sp³-hybridized carbons (Fsp3) is 0.706. The van der Waals surface area contributed by atoms with Crippen molar-refractivity contribution in [3.63, 3.8) is 0 Å². The van der Waals surface area contributed by atoms with Crippen LogP contribution in [0.4, 0.5) is 0 Å². The molecule has 3 heteroatoms. The van der Waals surface area contributed by atoms with Crippen LogP contribution >= 0.6 is 11.8 Å². The highest BCUT2D eigenvalue weighted by Gasteiger charge is 2.20. The molecule has 0 spiro atoms.